The molecule has 0 unspecified atom stereocenters. The van der Waals surface area contributed by atoms with E-state index in [2.05, 4.69) is 22.2 Å². The zero-order valence-corrected chi connectivity index (χ0v) is 19.4. The van der Waals surface area contributed by atoms with Gasteiger partial charge in [-0.25, -0.2) is 12.8 Å². The van der Waals surface area contributed by atoms with Gasteiger partial charge in [0.25, 0.3) is 10.0 Å². The van der Waals surface area contributed by atoms with Crippen molar-refractivity contribution in [2.75, 3.05) is 57.2 Å². The van der Waals surface area contributed by atoms with Gasteiger partial charge in [0.05, 0.1) is 10.6 Å². The number of amides is 1. The van der Waals surface area contributed by atoms with Crippen molar-refractivity contribution < 1.29 is 17.6 Å². The molecule has 1 heterocycles. The smallest absolute Gasteiger partial charge is 0.264 e. The fourth-order valence-corrected chi connectivity index (χ4v) is 4.97. The number of benzene rings is 2. The minimum Gasteiger partial charge on any atom is -0.354 e. The summed E-state index contributed by atoms with van der Waals surface area (Å²) in [5.41, 5.74) is 1.16. The summed E-state index contributed by atoms with van der Waals surface area (Å²) in [6.07, 6.45) is 0.788. The first-order chi connectivity index (χ1) is 15.3. The Hall–Kier alpha value is -2.49. The molecule has 1 fully saturated rings. The lowest BCUT2D eigenvalue weighted by molar-refractivity contribution is -0.119. The van der Waals surface area contributed by atoms with Crippen molar-refractivity contribution in [3.8, 4) is 0 Å². The van der Waals surface area contributed by atoms with Crippen molar-refractivity contribution >= 4 is 21.6 Å². The van der Waals surface area contributed by atoms with Gasteiger partial charge in [-0.1, -0.05) is 17.7 Å². The second-order valence-electron chi connectivity index (χ2n) is 8.15. The Labute approximate surface area is 189 Å². The molecule has 0 spiro atoms. The molecule has 2 aromatic carbocycles. The molecule has 0 saturated carbocycles. The van der Waals surface area contributed by atoms with E-state index in [1.165, 1.54) is 36.4 Å². The first kappa shape index (κ1) is 24.2. The number of piperazine rings is 1. The van der Waals surface area contributed by atoms with Gasteiger partial charge < -0.3 is 15.1 Å². The van der Waals surface area contributed by atoms with Crippen LogP contribution in [0.4, 0.5) is 10.1 Å². The molecule has 2 aromatic rings. The first-order valence-corrected chi connectivity index (χ1v) is 12.2. The molecule has 0 atom stereocenters. The maximum Gasteiger partial charge on any atom is 0.264 e. The highest BCUT2D eigenvalue weighted by atomic mass is 32.2. The van der Waals surface area contributed by atoms with E-state index in [1.54, 1.807) is 12.1 Å². The molecular weight excluding hydrogens is 431 g/mol. The van der Waals surface area contributed by atoms with Crippen LogP contribution < -0.4 is 9.62 Å². The van der Waals surface area contributed by atoms with E-state index in [0.717, 1.165) is 49.0 Å². The predicted molar refractivity (Wildman–Crippen MR) is 124 cm³/mol. The Bertz CT molecular complexity index is 989. The van der Waals surface area contributed by atoms with Crippen molar-refractivity contribution in [3.63, 3.8) is 0 Å². The number of anilines is 1. The second-order valence-corrected chi connectivity index (χ2v) is 10.0. The van der Waals surface area contributed by atoms with E-state index in [-0.39, 0.29) is 17.1 Å². The normalized spacial score (nSPS) is 15.5. The third-order valence-electron chi connectivity index (χ3n) is 5.58. The van der Waals surface area contributed by atoms with Crippen LogP contribution in [0, 0.1) is 12.7 Å². The fourth-order valence-electron chi connectivity index (χ4n) is 3.55. The van der Waals surface area contributed by atoms with E-state index in [4.69, 9.17) is 0 Å². The van der Waals surface area contributed by atoms with E-state index in [9.17, 15) is 17.6 Å². The Morgan fingerprint density at radius 1 is 1.03 bits per heavy atom. The molecule has 3 rings (SSSR count). The molecule has 1 aliphatic heterocycles. The molecule has 7 nitrogen and oxygen atoms in total. The van der Waals surface area contributed by atoms with Crippen molar-refractivity contribution in [1.82, 2.24) is 15.1 Å². The highest BCUT2D eigenvalue weighted by Crippen LogP contribution is 2.24. The Morgan fingerprint density at radius 3 is 2.28 bits per heavy atom. The molecule has 0 bridgehead atoms. The summed E-state index contributed by atoms with van der Waals surface area (Å²) in [5, 5.41) is 2.82. The van der Waals surface area contributed by atoms with E-state index in [1.807, 2.05) is 6.92 Å². The second kappa shape index (κ2) is 10.9. The van der Waals surface area contributed by atoms with Gasteiger partial charge in [0.2, 0.25) is 5.91 Å². The number of nitrogens with zero attached hydrogens (tertiary/aromatic N) is 3. The van der Waals surface area contributed by atoms with Crippen LogP contribution in [-0.4, -0.2) is 77.0 Å². The highest BCUT2D eigenvalue weighted by Gasteiger charge is 2.27. The summed E-state index contributed by atoms with van der Waals surface area (Å²) in [6.45, 7) is 6.94. The number of carbonyl (C=O) groups excluding carboxylic acids is 1. The third kappa shape index (κ3) is 6.51. The molecule has 1 amide bonds. The number of likely N-dealkylation sites (N-methyl/N-ethyl adjacent to an activating group) is 1. The minimum absolute atomic E-state index is 0.0790. The first-order valence-electron chi connectivity index (χ1n) is 10.8. The number of sulfonamides is 1. The summed E-state index contributed by atoms with van der Waals surface area (Å²) in [4.78, 5) is 17.3. The molecule has 1 saturated heterocycles. The lowest BCUT2D eigenvalue weighted by Gasteiger charge is -2.32. The van der Waals surface area contributed by atoms with Crippen molar-refractivity contribution in [3.05, 3.63) is 59.9 Å². The summed E-state index contributed by atoms with van der Waals surface area (Å²) < 4.78 is 41.0. The summed E-state index contributed by atoms with van der Waals surface area (Å²) in [6, 6.07) is 11.5. The third-order valence-corrected chi connectivity index (χ3v) is 7.37. The SMILES string of the molecule is Cc1ccc(S(=O)(=O)N(CC(=O)NCCCN2CCN(C)CC2)c2ccc(F)cc2)cc1. The summed E-state index contributed by atoms with van der Waals surface area (Å²) in [7, 11) is -1.89. The van der Waals surface area contributed by atoms with Gasteiger partial charge in [0.15, 0.2) is 0 Å². The zero-order chi connectivity index (χ0) is 23.1. The summed E-state index contributed by atoms with van der Waals surface area (Å²) in [5.74, 6) is -0.877. The minimum atomic E-state index is -3.99. The van der Waals surface area contributed by atoms with Gasteiger partial charge in [-0.05, 0) is 63.3 Å². The molecule has 0 radical (unpaired) electrons. The number of aryl methyl sites for hydroxylation is 1. The van der Waals surface area contributed by atoms with Gasteiger partial charge >= 0.3 is 0 Å². The number of halogens is 1. The predicted octanol–water partition coefficient (Wildman–Crippen LogP) is 2.08. The molecule has 0 aromatic heterocycles. The molecule has 174 valence electrons. The van der Waals surface area contributed by atoms with Gasteiger partial charge in [0, 0.05) is 32.7 Å². The van der Waals surface area contributed by atoms with Crippen molar-refractivity contribution in [2.45, 2.75) is 18.2 Å². The maximum absolute atomic E-state index is 13.4. The Kier molecular flexibility index (Phi) is 8.22. The van der Waals surface area contributed by atoms with Crippen LogP contribution in [0.5, 0.6) is 0 Å². The molecule has 32 heavy (non-hydrogen) atoms. The van der Waals surface area contributed by atoms with Crippen LogP contribution in [0.1, 0.15) is 12.0 Å². The van der Waals surface area contributed by atoms with E-state index >= 15 is 0 Å². The van der Waals surface area contributed by atoms with Crippen LogP contribution in [0.15, 0.2) is 53.4 Å². The van der Waals surface area contributed by atoms with E-state index in [0.29, 0.717) is 6.54 Å². The van der Waals surface area contributed by atoms with Crippen LogP contribution >= 0.6 is 0 Å². The number of carbonyl (C=O) groups is 1. The van der Waals surface area contributed by atoms with Crippen LogP contribution in [0.3, 0.4) is 0 Å². The number of hydrogen-bond acceptors (Lipinski definition) is 5. The van der Waals surface area contributed by atoms with Crippen LogP contribution in [0.25, 0.3) is 0 Å². The van der Waals surface area contributed by atoms with Crippen LogP contribution in [0.2, 0.25) is 0 Å². The van der Waals surface area contributed by atoms with E-state index < -0.39 is 21.7 Å². The Balaban J connectivity index is 1.64. The van der Waals surface area contributed by atoms with Gasteiger partial charge in [-0.3, -0.25) is 9.10 Å². The molecule has 9 heteroatoms. The zero-order valence-electron chi connectivity index (χ0n) is 18.6. The standard InChI is InChI=1S/C23H31FN4O3S/c1-19-4-10-22(11-5-19)32(30,31)28(21-8-6-20(24)7-9-21)18-23(29)25-12-3-13-27-16-14-26(2)15-17-27/h4-11H,3,12-18H2,1-2H3,(H,25,29). The van der Waals surface area contributed by atoms with Crippen molar-refractivity contribution in [2.24, 2.45) is 0 Å². The lowest BCUT2D eigenvalue weighted by Crippen LogP contribution is -2.45. The Morgan fingerprint density at radius 2 is 1.66 bits per heavy atom. The quantitative estimate of drug-likeness (QED) is 0.578. The number of hydrogen-bond donors (Lipinski definition) is 1. The average molecular weight is 463 g/mol. The molecular formula is C23H31FN4O3S. The largest absolute Gasteiger partial charge is 0.354 e. The lowest BCUT2D eigenvalue weighted by atomic mass is 10.2. The fraction of sp³-hybridized carbons (Fsp3) is 0.435. The van der Waals surface area contributed by atoms with Crippen molar-refractivity contribution in [1.29, 1.82) is 0 Å². The molecule has 1 aliphatic rings. The number of nitrogens with one attached hydrogen (secondary N) is 1. The highest BCUT2D eigenvalue weighted by molar-refractivity contribution is 7.92. The maximum atomic E-state index is 13.4. The molecule has 1 N–H and O–H groups in total. The number of rotatable bonds is 9. The monoisotopic (exact) mass is 462 g/mol. The molecule has 0 aliphatic carbocycles. The van der Waals surface area contributed by atoms with Crippen LogP contribution in [-0.2, 0) is 14.8 Å². The topological polar surface area (TPSA) is 73.0 Å². The summed E-state index contributed by atoms with van der Waals surface area (Å²) >= 11 is 0. The average Bonchev–Trinajstić information content (AvgIpc) is 2.77. The van der Waals surface area contributed by atoms with Gasteiger partial charge in [-0.15, -0.1) is 0 Å². The van der Waals surface area contributed by atoms with Gasteiger partial charge in [-0.2, -0.15) is 0 Å². The van der Waals surface area contributed by atoms with Gasteiger partial charge in [0.1, 0.15) is 12.4 Å².